The Hall–Kier alpha value is -4.00. The minimum atomic E-state index is -0.888. The molecule has 0 bridgehead atoms. The molecule has 2 amide bonds. The topological polar surface area (TPSA) is 97.4 Å². The van der Waals surface area contributed by atoms with E-state index in [2.05, 4.69) is 15.6 Å². The summed E-state index contributed by atoms with van der Waals surface area (Å²) in [6.45, 7) is 0. The molecule has 32 heavy (non-hydrogen) atoms. The zero-order valence-electron chi connectivity index (χ0n) is 17.7. The van der Waals surface area contributed by atoms with Crippen molar-refractivity contribution in [3.8, 4) is 0 Å². The van der Waals surface area contributed by atoms with Gasteiger partial charge in [-0.15, -0.1) is 0 Å². The van der Waals surface area contributed by atoms with Crippen molar-refractivity contribution in [1.29, 1.82) is 0 Å². The fourth-order valence-corrected chi connectivity index (χ4v) is 3.26. The van der Waals surface area contributed by atoms with Gasteiger partial charge in [0.2, 0.25) is 5.91 Å². The maximum absolute atomic E-state index is 13.2. The predicted octanol–water partition coefficient (Wildman–Crippen LogP) is 2.32. The zero-order valence-corrected chi connectivity index (χ0v) is 17.7. The van der Waals surface area contributed by atoms with E-state index in [1.807, 2.05) is 60.7 Å². The third-order valence-electron chi connectivity index (χ3n) is 4.93. The van der Waals surface area contributed by atoms with Crippen LogP contribution in [0.15, 0.2) is 85.2 Å². The smallest absolute Gasteiger partial charge is 0.328 e. The Kier molecular flexibility index (Phi) is 8.09. The van der Waals surface area contributed by atoms with E-state index in [0.717, 1.165) is 11.1 Å². The number of rotatable bonds is 9. The van der Waals surface area contributed by atoms with Gasteiger partial charge in [0.25, 0.3) is 5.91 Å². The molecule has 0 aliphatic rings. The SMILES string of the molecule is COC(=O)[C@H](Cc1ccccc1)NC(=O)[C@H](Cc1ccccc1)NC(=O)c1ccncc1. The van der Waals surface area contributed by atoms with Gasteiger partial charge in [0.05, 0.1) is 7.11 Å². The molecule has 0 aliphatic heterocycles. The molecule has 164 valence electrons. The maximum atomic E-state index is 13.2. The maximum Gasteiger partial charge on any atom is 0.328 e. The van der Waals surface area contributed by atoms with Crippen molar-refractivity contribution in [2.24, 2.45) is 0 Å². The number of methoxy groups -OCH3 is 1. The van der Waals surface area contributed by atoms with Crippen molar-refractivity contribution < 1.29 is 19.1 Å². The summed E-state index contributed by atoms with van der Waals surface area (Å²) in [6.07, 6.45) is 3.56. The second-order valence-corrected chi connectivity index (χ2v) is 7.23. The molecule has 7 nitrogen and oxygen atoms in total. The van der Waals surface area contributed by atoms with Crippen LogP contribution in [0.3, 0.4) is 0 Å². The number of esters is 1. The number of hydrogen-bond acceptors (Lipinski definition) is 5. The molecular weight excluding hydrogens is 406 g/mol. The minimum Gasteiger partial charge on any atom is -0.467 e. The molecule has 0 saturated carbocycles. The second kappa shape index (κ2) is 11.4. The van der Waals surface area contributed by atoms with Crippen LogP contribution >= 0.6 is 0 Å². The summed E-state index contributed by atoms with van der Waals surface area (Å²) < 4.78 is 4.89. The largest absolute Gasteiger partial charge is 0.467 e. The number of carbonyl (C=O) groups excluding carboxylic acids is 3. The van der Waals surface area contributed by atoms with Crippen LogP contribution in [0, 0.1) is 0 Å². The van der Waals surface area contributed by atoms with Crippen LogP contribution in [-0.2, 0) is 27.2 Å². The first-order valence-electron chi connectivity index (χ1n) is 10.2. The van der Waals surface area contributed by atoms with E-state index < -0.39 is 29.9 Å². The van der Waals surface area contributed by atoms with Crippen molar-refractivity contribution in [2.45, 2.75) is 24.9 Å². The van der Waals surface area contributed by atoms with Crippen LogP contribution in [0.1, 0.15) is 21.5 Å². The first-order valence-corrected chi connectivity index (χ1v) is 10.2. The van der Waals surface area contributed by atoms with Gasteiger partial charge >= 0.3 is 5.97 Å². The van der Waals surface area contributed by atoms with Gasteiger partial charge in [-0.3, -0.25) is 14.6 Å². The summed E-state index contributed by atoms with van der Waals surface area (Å²) in [6, 6.07) is 20.1. The molecule has 1 heterocycles. The Balaban J connectivity index is 1.78. The predicted molar refractivity (Wildman–Crippen MR) is 120 cm³/mol. The van der Waals surface area contributed by atoms with Crippen molar-refractivity contribution >= 4 is 17.8 Å². The number of nitrogens with zero attached hydrogens (tertiary/aromatic N) is 1. The second-order valence-electron chi connectivity index (χ2n) is 7.23. The van der Waals surface area contributed by atoms with Gasteiger partial charge in [0.1, 0.15) is 12.1 Å². The van der Waals surface area contributed by atoms with Crippen molar-refractivity contribution in [3.63, 3.8) is 0 Å². The molecule has 0 saturated heterocycles. The number of carbonyl (C=O) groups is 3. The number of ether oxygens (including phenoxy) is 1. The molecular formula is C25H25N3O4. The first kappa shape index (κ1) is 22.7. The Morgan fingerprint density at radius 2 is 1.31 bits per heavy atom. The summed E-state index contributed by atoms with van der Waals surface area (Å²) in [4.78, 5) is 42.1. The van der Waals surface area contributed by atoms with Crippen molar-refractivity contribution in [1.82, 2.24) is 15.6 Å². The molecule has 2 N–H and O–H groups in total. The highest BCUT2D eigenvalue weighted by atomic mass is 16.5. The van der Waals surface area contributed by atoms with E-state index in [9.17, 15) is 14.4 Å². The minimum absolute atomic E-state index is 0.267. The Morgan fingerprint density at radius 3 is 1.84 bits per heavy atom. The normalized spacial score (nSPS) is 12.3. The number of benzene rings is 2. The number of amides is 2. The monoisotopic (exact) mass is 431 g/mol. The summed E-state index contributed by atoms with van der Waals surface area (Å²) in [5, 5.41) is 5.53. The fraction of sp³-hybridized carbons (Fsp3) is 0.200. The lowest BCUT2D eigenvalue weighted by Gasteiger charge is -2.22. The number of pyridine rings is 1. The number of hydrogen-bond donors (Lipinski definition) is 2. The van der Waals surface area contributed by atoms with Gasteiger partial charge in [-0.2, -0.15) is 0 Å². The van der Waals surface area contributed by atoms with Crippen LogP contribution in [0.25, 0.3) is 0 Å². The van der Waals surface area contributed by atoms with Crippen LogP contribution < -0.4 is 10.6 Å². The van der Waals surface area contributed by atoms with E-state index in [1.54, 1.807) is 12.1 Å². The molecule has 3 aromatic rings. The molecule has 0 radical (unpaired) electrons. The highest BCUT2D eigenvalue weighted by molar-refractivity contribution is 5.98. The summed E-state index contributed by atoms with van der Waals surface area (Å²) in [5.74, 6) is -1.43. The summed E-state index contributed by atoms with van der Waals surface area (Å²) in [5.41, 5.74) is 2.14. The highest BCUT2D eigenvalue weighted by Crippen LogP contribution is 2.08. The first-order chi connectivity index (χ1) is 15.6. The molecule has 2 atom stereocenters. The molecule has 1 aromatic heterocycles. The van der Waals surface area contributed by atoms with E-state index in [0.29, 0.717) is 5.56 Å². The van der Waals surface area contributed by atoms with E-state index >= 15 is 0 Å². The summed E-state index contributed by atoms with van der Waals surface area (Å²) >= 11 is 0. The molecule has 2 aromatic carbocycles. The summed E-state index contributed by atoms with van der Waals surface area (Å²) in [7, 11) is 1.28. The lowest BCUT2D eigenvalue weighted by molar-refractivity contribution is -0.145. The van der Waals surface area contributed by atoms with Gasteiger partial charge in [0, 0.05) is 30.8 Å². The third kappa shape index (κ3) is 6.50. The lowest BCUT2D eigenvalue weighted by atomic mass is 10.0. The Morgan fingerprint density at radius 1 is 0.781 bits per heavy atom. The van der Waals surface area contributed by atoms with Gasteiger partial charge in [0.15, 0.2) is 0 Å². The Bertz CT molecular complexity index is 1030. The van der Waals surface area contributed by atoms with E-state index in [-0.39, 0.29) is 12.8 Å². The molecule has 0 unspecified atom stereocenters. The van der Waals surface area contributed by atoms with Crippen LogP contribution in [0.4, 0.5) is 0 Å². The molecule has 0 fully saturated rings. The molecule has 0 spiro atoms. The van der Waals surface area contributed by atoms with E-state index in [4.69, 9.17) is 4.74 Å². The van der Waals surface area contributed by atoms with Gasteiger partial charge in [-0.05, 0) is 23.3 Å². The van der Waals surface area contributed by atoms with Crippen LogP contribution in [0.5, 0.6) is 0 Å². The van der Waals surface area contributed by atoms with Gasteiger partial charge in [-0.25, -0.2) is 4.79 Å². The Labute approximate surface area is 186 Å². The standard InChI is InChI=1S/C25H25N3O4/c1-32-25(31)22(17-19-10-6-3-7-11-19)28-24(30)21(16-18-8-4-2-5-9-18)27-23(29)20-12-14-26-15-13-20/h2-15,21-22H,16-17H2,1H3,(H,27,29)(H,28,30)/t21-,22-/m0/s1. The van der Waals surface area contributed by atoms with Gasteiger partial charge < -0.3 is 15.4 Å². The molecule has 3 rings (SSSR count). The molecule has 7 heteroatoms. The average Bonchev–Trinajstić information content (AvgIpc) is 2.84. The van der Waals surface area contributed by atoms with Crippen LogP contribution in [0.2, 0.25) is 0 Å². The number of aromatic nitrogens is 1. The van der Waals surface area contributed by atoms with Crippen molar-refractivity contribution in [3.05, 3.63) is 102 Å². The van der Waals surface area contributed by atoms with Crippen LogP contribution in [-0.4, -0.2) is 42.0 Å². The quantitative estimate of drug-likeness (QED) is 0.507. The van der Waals surface area contributed by atoms with Crippen molar-refractivity contribution in [2.75, 3.05) is 7.11 Å². The lowest BCUT2D eigenvalue weighted by Crippen LogP contribution is -2.53. The fourth-order valence-electron chi connectivity index (χ4n) is 3.26. The zero-order chi connectivity index (χ0) is 22.8. The average molecular weight is 431 g/mol. The third-order valence-corrected chi connectivity index (χ3v) is 4.93. The highest BCUT2D eigenvalue weighted by Gasteiger charge is 2.28. The number of nitrogens with one attached hydrogen (secondary N) is 2. The molecule has 0 aliphatic carbocycles. The van der Waals surface area contributed by atoms with E-state index in [1.165, 1.54) is 19.5 Å². The van der Waals surface area contributed by atoms with Gasteiger partial charge in [-0.1, -0.05) is 60.7 Å².